The van der Waals surface area contributed by atoms with E-state index in [4.69, 9.17) is 21.4 Å². The zero-order valence-corrected chi connectivity index (χ0v) is 11.1. The lowest BCUT2D eigenvalue weighted by molar-refractivity contribution is -0.139. The van der Waals surface area contributed by atoms with Gasteiger partial charge in [0, 0.05) is 16.6 Å². The van der Waals surface area contributed by atoms with Gasteiger partial charge in [-0.1, -0.05) is 11.6 Å². The molecule has 7 heteroatoms. The van der Waals surface area contributed by atoms with Gasteiger partial charge >= 0.3 is 5.97 Å². The van der Waals surface area contributed by atoms with Gasteiger partial charge in [0.05, 0.1) is 5.56 Å². The summed E-state index contributed by atoms with van der Waals surface area (Å²) in [6.45, 7) is -0.528. The van der Waals surface area contributed by atoms with E-state index in [0.717, 1.165) is 0 Å². The fourth-order valence-electron chi connectivity index (χ4n) is 1.40. The van der Waals surface area contributed by atoms with Crippen molar-refractivity contribution in [3.63, 3.8) is 0 Å². The molecule has 0 saturated carbocycles. The molecule has 0 amide bonds. The summed E-state index contributed by atoms with van der Waals surface area (Å²) in [4.78, 5) is 26.6. The maximum Gasteiger partial charge on any atom is 0.341 e. The summed E-state index contributed by atoms with van der Waals surface area (Å²) in [6.07, 6.45) is 1.51. The number of thiazole rings is 1. The Kier molecular flexibility index (Phi) is 4.13. The maximum absolute atomic E-state index is 12.2. The van der Waals surface area contributed by atoms with Crippen molar-refractivity contribution in [1.29, 1.82) is 0 Å². The molecule has 98 valence electrons. The highest BCUT2D eigenvalue weighted by Crippen LogP contribution is 2.26. The predicted molar refractivity (Wildman–Crippen MR) is 70.1 cm³/mol. The van der Waals surface area contributed by atoms with Crippen LogP contribution < -0.4 is 4.74 Å². The summed E-state index contributed by atoms with van der Waals surface area (Å²) in [5.74, 6) is -1.30. The standard InChI is InChI=1S/C12H8ClNO4S/c13-7-1-2-9(18-6-10(15)16)8(5-7)11(17)12-14-3-4-19-12/h1-5H,6H2,(H,15,16). The number of aliphatic carboxylic acids is 1. The van der Waals surface area contributed by atoms with Crippen LogP contribution in [0.4, 0.5) is 0 Å². The van der Waals surface area contributed by atoms with E-state index in [9.17, 15) is 9.59 Å². The first kappa shape index (κ1) is 13.5. The minimum absolute atomic E-state index is 0.173. The van der Waals surface area contributed by atoms with Gasteiger partial charge in [0.15, 0.2) is 11.6 Å². The molecule has 2 aromatic rings. The van der Waals surface area contributed by atoms with Crippen LogP contribution in [0.1, 0.15) is 15.4 Å². The predicted octanol–water partition coefficient (Wildman–Crippen LogP) is 2.49. The quantitative estimate of drug-likeness (QED) is 0.858. The van der Waals surface area contributed by atoms with Gasteiger partial charge < -0.3 is 9.84 Å². The zero-order chi connectivity index (χ0) is 13.8. The largest absolute Gasteiger partial charge is 0.481 e. The van der Waals surface area contributed by atoms with Crippen LogP contribution in [0.25, 0.3) is 0 Å². The second-order valence-electron chi connectivity index (χ2n) is 3.49. The number of carboxylic acid groups (broad SMARTS) is 1. The number of rotatable bonds is 5. The van der Waals surface area contributed by atoms with Crippen LogP contribution in [-0.4, -0.2) is 28.4 Å². The Labute approximate surface area is 117 Å². The van der Waals surface area contributed by atoms with E-state index in [-0.39, 0.29) is 17.1 Å². The molecule has 0 atom stereocenters. The van der Waals surface area contributed by atoms with Crippen LogP contribution in [-0.2, 0) is 4.79 Å². The topological polar surface area (TPSA) is 76.5 Å². The van der Waals surface area contributed by atoms with Crippen molar-refractivity contribution in [2.24, 2.45) is 0 Å². The molecule has 19 heavy (non-hydrogen) atoms. The van der Waals surface area contributed by atoms with Crippen LogP contribution in [0.5, 0.6) is 5.75 Å². The van der Waals surface area contributed by atoms with Gasteiger partial charge in [-0.2, -0.15) is 0 Å². The zero-order valence-electron chi connectivity index (χ0n) is 9.50. The first-order chi connectivity index (χ1) is 9.08. The Morgan fingerprint density at radius 2 is 2.21 bits per heavy atom. The Bertz CT molecular complexity index is 612. The molecule has 1 aromatic carbocycles. The van der Waals surface area contributed by atoms with Crippen molar-refractivity contribution in [3.05, 3.63) is 45.4 Å². The number of carboxylic acids is 1. The Morgan fingerprint density at radius 1 is 1.42 bits per heavy atom. The molecule has 2 rings (SSSR count). The van der Waals surface area contributed by atoms with E-state index in [2.05, 4.69) is 4.98 Å². The minimum atomic E-state index is -1.12. The second-order valence-corrected chi connectivity index (χ2v) is 4.82. The third-order valence-corrected chi connectivity index (χ3v) is 3.17. The highest BCUT2D eigenvalue weighted by Gasteiger charge is 2.18. The SMILES string of the molecule is O=C(O)COc1ccc(Cl)cc1C(=O)c1nccs1. The summed E-state index contributed by atoms with van der Waals surface area (Å²) in [6, 6.07) is 4.42. The third-order valence-electron chi connectivity index (χ3n) is 2.16. The number of hydrogen-bond acceptors (Lipinski definition) is 5. The lowest BCUT2D eigenvalue weighted by Crippen LogP contribution is -2.12. The second kappa shape index (κ2) is 5.81. The number of ketones is 1. The van der Waals surface area contributed by atoms with E-state index < -0.39 is 12.6 Å². The van der Waals surface area contributed by atoms with Crippen molar-refractivity contribution in [2.45, 2.75) is 0 Å². The van der Waals surface area contributed by atoms with Crippen LogP contribution in [0, 0.1) is 0 Å². The number of carbonyl (C=O) groups excluding carboxylic acids is 1. The van der Waals surface area contributed by atoms with Crippen LogP contribution in [0.2, 0.25) is 5.02 Å². The molecule has 1 heterocycles. The molecular formula is C12H8ClNO4S. The molecule has 0 aliphatic carbocycles. The third kappa shape index (κ3) is 3.30. The van der Waals surface area contributed by atoms with E-state index in [1.807, 2.05) is 0 Å². The average Bonchev–Trinajstić information content (AvgIpc) is 2.90. The van der Waals surface area contributed by atoms with Crippen LogP contribution in [0.15, 0.2) is 29.8 Å². The Morgan fingerprint density at radius 3 is 2.84 bits per heavy atom. The van der Waals surface area contributed by atoms with Crippen molar-refractivity contribution >= 4 is 34.7 Å². The summed E-state index contributed by atoms with van der Waals surface area (Å²) < 4.78 is 5.07. The molecule has 0 unspecified atom stereocenters. The van der Waals surface area contributed by atoms with Gasteiger partial charge in [-0.3, -0.25) is 4.79 Å². The lowest BCUT2D eigenvalue weighted by Gasteiger charge is -2.08. The number of nitrogens with zero attached hydrogens (tertiary/aromatic N) is 1. The summed E-state index contributed by atoms with van der Waals surface area (Å²) in [5.41, 5.74) is 0.198. The molecule has 0 aliphatic rings. The number of hydrogen-bond donors (Lipinski definition) is 1. The highest BCUT2D eigenvalue weighted by molar-refractivity contribution is 7.11. The van der Waals surface area contributed by atoms with Gasteiger partial charge in [-0.15, -0.1) is 11.3 Å². The van der Waals surface area contributed by atoms with Crippen LogP contribution >= 0.6 is 22.9 Å². The van der Waals surface area contributed by atoms with E-state index in [1.54, 1.807) is 5.38 Å². The van der Waals surface area contributed by atoms with E-state index >= 15 is 0 Å². The van der Waals surface area contributed by atoms with Gasteiger partial charge in [-0.05, 0) is 18.2 Å². The molecule has 0 spiro atoms. The Hall–Kier alpha value is -1.92. The van der Waals surface area contributed by atoms with Crippen molar-refractivity contribution in [2.75, 3.05) is 6.61 Å². The number of halogens is 1. The lowest BCUT2D eigenvalue weighted by atomic mass is 10.1. The van der Waals surface area contributed by atoms with Gasteiger partial charge in [0.2, 0.25) is 5.78 Å². The highest BCUT2D eigenvalue weighted by atomic mass is 35.5. The fourth-order valence-corrected chi connectivity index (χ4v) is 2.16. The molecule has 0 radical (unpaired) electrons. The molecule has 0 aliphatic heterocycles. The Balaban J connectivity index is 2.34. The molecular weight excluding hydrogens is 290 g/mol. The molecule has 0 saturated heterocycles. The number of aromatic nitrogens is 1. The normalized spacial score (nSPS) is 10.2. The molecule has 0 bridgehead atoms. The summed E-state index contributed by atoms with van der Waals surface area (Å²) in [7, 11) is 0. The van der Waals surface area contributed by atoms with E-state index in [0.29, 0.717) is 10.0 Å². The van der Waals surface area contributed by atoms with Gasteiger partial charge in [0.1, 0.15) is 5.75 Å². The minimum Gasteiger partial charge on any atom is -0.481 e. The van der Waals surface area contributed by atoms with Crippen molar-refractivity contribution in [1.82, 2.24) is 4.98 Å². The average molecular weight is 298 g/mol. The van der Waals surface area contributed by atoms with Crippen molar-refractivity contribution in [3.8, 4) is 5.75 Å². The number of carbonyl (C=O) groups is 2. The first-order valence-corrected chi connectivity index (χ1v) is 6.42. The maximum atomic E-state index is 12.2. The molecule has 1 aromatic heterocycles. The monoisotopic (exact) mass is 297 g/mol. The summed E-state index contributed by atoms with van der Waals surface area (Å²) >= 11 is 7.03. The van der Waals surface area contributed by atoms with Gasteiger partial charge in [-0.25, -0.2) is 9.78 Å². The summed E-state index contributed by atoms with van der Waals surface area (Å²) in [5, 5.41) is 10.9. The fraction of sp³-hybridized carbons (Fsp3) is 0.0833. The van der Waals surface area contributed by atoms with Crippen molar-refractivity contribution < 1.29 is 19.4 Å². The van der Waals surface area contributed by atoms with E-state index in [1.165, 1.54) is 35.7 Å². The van der Waals surface area contributed by atoms with Gasteiger partial charge in [0.25, 0.3) is 0 Å². The number of ether oxygens (including phenoxy) is 1. The molecule has 0 fully saturated rings. The number of benzene rings is 1. The van der Waals surface area contributed by atoms with Crippen LogP contribution in [0.3, 0.4) is 0 Å². The molecule has 1 N–H and O–H groups in total. The molecule has 5 nitrogen and oxygen atoms in total. The first-order valence-electron chi connectivity index (χ1n) is 5.16. The smallest absolute Gasteiger partial charge is 0.341 e.